The first-order valence-electron chi connectivity index (χ1n) is 6.68. The molecule has 106 valence electrons. The molecule has 0 aliphatic heterocycles. The Morgan fingerprint density at radius 1 is 1.05 bits per heavy atom. The number of rotatable bonds is 4. The summed E-state index contributed by atoms with van der Waals surface area (Å²) in [4.78, 5) is 21.6. The van der Waals surface area contributed by atoms with Crippen LogP contribution in [-0.2, 0) is 4.79 Å². The minimum Gasteiger partial charge on any atom is -0.350 e. The van der Waals surface area contributed by atoms with E-state index < -0.39 is 0 Å². The molecule has 3 heteroatoms. The van der Waals surface area contributed by atoms with E-state index in [1.807, 2.05) is 45.9 Å². The molecule has 1 N–H and O–H groups in total. The monoisotopic (exact) mass is 263 g/mol. The first kappa shape index (κ1) is 17.4. The molecule has 1 aromatic carbocycles. The van der Waals surface area contributed by atoms with Crippen molar-refractivity contribution in [3.05, 3.63) is 35.9 Å². The normalized spacial score (nSPS) is 9.84. The van der Waals surface area contributed by atoms with Crippen molar-refractivity contribution in [2.24, 2.45) is 5.92 Å². The average Bonchev–Trinajstić information content (AvgIpc) is 2.28. The fraction of sp³-hybridized carbons (Fsp3) is 0.500. The highest BCUT2D eigenvalue weighted by Gasteiger charge is 2.04. The van der Waals surface area contributed by atoms with Crippen LogP contribution < -0.4 is 5.32 Å². The molecule has 0 saturated heterocycles. The summed E-state index contributed by atoms with van der Waals surface area (Å²) in [5.41, 5.74) is 0.714. The second-order valence-corrected chi connectivity index (χ2v) is 5.29. The number of carbonyl (C=O) groups excluding carboxylic acids is 2. The van der Waals surface area contributed by atoms with Crippen LogP contribution in [0.4, 0.5) is 0 Å². The highest BCUT2D eigenvalue weighted by Crippen LogP contribution is 1.98. The first-order valence-corrected chi connectivity index (χ1v) is 6.68. The number of carbonyl (C=O) groups is 2. The molecule has 0 aliphatic rings. The van der Waals surface area contributed by atoms with Gasteiger partial charge in [-0.05, 0) is 38.8 Å². The van der Waals surface area contributed by atoms with Gasteiger partial charge in [0.05, 0.1) is 0 Å². The predicted octanol–water partition coefficient (Wildman–Crippen LogP) is 3.45. The van der Waals surface area contributed by atoms with Crippen molar-refractivity contribution in [1.82, 2.24) is 5.32 Å². The van der Waals surface area contributed by atoms with Gasteiger partial charge in [-0.1, -0.05) is 32.0 Å². The zero-order chi connectivity index (χ0) is 14.8. The topological polar surface area (TPSA) is 46.2 Å². The summed E-state index contributed by atoms with van der Waals surface area (Å²) >= 11 is 0. The van der Waals surface area contributed by atoms with Crippen molar-refractivity contribution >= 4 is 11.7 Å². The Bertz CT molecular complexity index is 383. The van der Waals surface area contributed by atoms with Gasteiger partial charge < -0.3 is 10.1 Å². The summed E-state index contributed by atoms with van der Waals surface area (Å²) in [7, 11) is 0. The van der Waals surface area contributed by atoms with Gasteiger partial charge in [-0.15, -0.1) is 0 Å². The number of Topliss-reactive ketones (excluding diaryl/α,β-unsaturated/α-hetero) is 1. The molecule has 0 unspecified atom stereocenters. The number of hydrogen-bond donors (Lipinski definition) is 1. The van der Waals surface area contributed by atoms with E-state index in [1.165, 1.54) is 0 Å². The summed E-state index contributed by atoms with van der Waals surface area (Å²) in [6.45, 7) is 9.60. The molecular weight excluding hydrogens is 238 g/mol. The molecule has 0 aliphatic carbocycles. The lowest BCUT2D eigenvalue weighted by Gasteiger charge is -2.07. The van der Waals surface area contributed by atoms with Gasteiger partial charge in [0.25, 0.3) is 5.91 Å². The Balaban J connectivity index is 0.000000399. The Hall–Kier alpha value is -1.64. The molecule has 1 rings (SSSR count). The maximum atomic E-state index is 11.3. The predicted molar refractivity (Wildman–Crippen MR) is 79.2 cm³/mol. The van der Waals surface area contributed by atoms with Gasteiger partial charge in [0.1, 0.15) is 5.78 Å². The van der Waals surface area contributed by atoms with Gasteiger partial charge in [-0.2, -0.15) is 0 Å². The second-order valence-electron chi connectivity index (χ2n) is 5.29. The van der Waals surface area contributed by atoms with E-state index in [2.05, 4.69) is 5.32 Å². The number of ketones is 1. The van der Waals surface area contributed by atoms with Gasteiger partial charge in [0.15, 0.2) is 0 Å². The van der Waals surface area contributed by atoms with Gasteiger partial charge in [-0.25, -0.2) is 0 Å². The van der Waals surface area contributed by atoms with E-state index in [9.17, 15) is 9.59 Å². The van der Waals surface area contributed by atoms with Gasteiger partial charge in [0.2, 0.25) is 0 Å². The third-order valence-corrected chi connectivity index (χ3v) is 2.15. The lowest BCUT2D eigenvalue weighted by Crippen LogP contribution is -2.29. The molecule has 0 spiro atoms. The van der Waals surface area contributed by atoms with Crippen LogP contribution in [0.3, 0.4) is 0 Å². The van der Waals surface area contributed by atoms with E-state index in [0.29, 0.717) is 11.5 Å². The highest BCUT2D eigenvalue weighted by atomic mass is 16.1. The standard InChI is InChI=1S/C10H13NO.C6H12O/c1-8(2)11-10(12)9-6-4-3-5-7-9;1-5(2)4-6(3)7/h3-8H,1-2H3,(H,11,12);5H,4H2,1-3H3. The third-order valence-electron chi connectivity index (χ3n) is 2.15. The SMILES string of the molecule is CC(=O)CC(C)C.CC(C)NC(=O)c1ccccc1. The summed E-state index contributed by atoms with van der Waals surface area (Å²) < 4.78 is 0. The van der Waals surface area contributed by atoms with Gasteiger partial charge in [0, 0.05) is 18.0 Å². The molecule has 0 aromatic heterocycles. The lowest BCUT2D eigenvalue weighted by atomic mass is 10.1. The van der Waals surface area contributed by atoms with Gasteiger partial charge in [-0.3, -0.25) is 4.79 Å². The van der Waals surface area contributed by atoms with Crippen molar-refractivity contribution in [1.29, 1.82) is 0 Å². The molecule has 1 amide bonds. The average molecular weight is 263 g/mol. The summed E-state index contributed by atoms with van der Waals surface area (Å²) in [5.74, 6) is 0.804. The summed E-state index contributed by atoms with van der Waals surface area (Å²) in [6.07, 6.45) is 0.722. The van der Waals surface area contributed by atoms with Crippen molar-refractivity contribution in [2.45, 2.75) is 47.1 Å². The maximum absolute atomic E-state index is 11.3. The third kappa shape index (κ3) is 10.0. The van der Waals surface area contributed by atoms with Crippen molar-refractivity contribution in [3.63, 3.8) is 0 Å². The van der Waals surface area contributed by atoms with Crippen LogP contribution in [0.2, 0.25) is 0 Å². The van der Waals surface area contributed by atoms with Crippen LogP contribution in [-0.4, -0.2) is 17.7 Å². The Morgan fingerprint density at radius 2 is 1.58 bits per heavy atom. The van der Waals surface area contributed by atoms with Crippen LogP contribution in [0.15, 0.2) is 30.3 Å². The number of amides is 1. The quantitative estimate of drug-likeness (QED) is 0.904. The summed E-state index contributed by atoms with van der Waals surface area (Å²) in [6, 6.07) is 9.41. The van der Waals surface area contributed by atoms with Crippen LogP contribution in [0.1, 0.15) is 51.4 Å². The van der Waals surface area contributed by atoms with E-state index >= 15 is 0 Å². The number of nitrogens with one attached hydrogen (secondary N) is 1. The molecule has 3 nitrogen and oxygen atoms in total. The molecule has 0 atom stereocenters. The van der Waals surface area contributed by atoms with Crippen LogP contribution in [0.5, 0.6) is 0 Å². The molecule has 0 heterocycles. The van der Waals surface area contributed by atoms with Crippen molar-refractivity contribution in [3.8, 4) is 0 Å². The minimum atomic E-state index is -0.00870. The van der Waals surface area contributed by atoms with E-state index in [-0.39, 0.29) is 17.7 Å². The van der Waals surface area contributed by atoms with Gasteiger partial charge >= 0.3 is 0 Å². The lowest BCUT2D eigenvalue weighted by molar-refractivity contribution is -0.117. The van der Waals surface area contributed by atoms with Crippen molar-refractivity contribution in [2.75, 3.05) is 0 Å². The molecule has 0 saturated carbocycles. The molecule has 19 heavy (non-hydrogen) atoms. The molecular formula is C16H25NO2. The summed E-state index contributed by atoms with van der Waals surface area (Å²) in [5, 5.41) is 2.82. The molecule has 0 fully saturated rings. The Labute approximate surface area is 116 Å². The molecule has 0 radical (unpaired) electrons. The molecule has 0 bridgehead atoms. The highest BCUT2D eigenvalue weighted by molar-refractivity contribution is 5.94. The Morgan fingerprint density at radius 3 is 1.89 bits per heavy atom. The Kier molecular flexibility index (Phi) is 8.51. The van der Waals surface area contributed by atoms with Crippen molar-refractivity contribution < 1.29 is 9.59 Å². The number of hydrogen-bond acceptors (Lipinski definition) is 2. The fourth-order valence-electron chi connectivity index (χ4n) is 1.51. The van der Waals surface area contributed by atoms with E-state index in [4.69, 9.17) is 0 Å². The van der Waals surface area contributed by atoms with Crippen LogP contribution in [0, 0.1) is 5.92 Å². The maximum Gasteiger partial charge on any atom is 0.251 e. The first-order chi connectivity index (χ1) is 8.82. The van der Waals surface area contributed by atoms with Crippen LogP contribution in [0.25, 0.3) is 0 Å². The minimum absolute atomic E-state index is 0.00870. The second kappa shape index (κ2) is 9.31. The largest absolute Gasteiger partial charge is 0.350 e. The van der Waals surface area contributed by atoms with E-state index in [1.54, 1.807) is 19.1 Å². The smallest absolute Gasteiger partial charge is 0.251 e. The van der Waals surface area contributed by atoms with E-state index in [0.717, 1.165) is 6.42 Å². The van der Waals surface area contributed by atoms with Crippen LogP contribution >= 0.6 is 0 Å². The number of benzene rings is 1. The fourth-order valence-corrected chi connectivity index (χ4v) is 1.51. The zero-order valence-electron chi connectivity index (χ0n) is 12.6. The molecule has 1 aromatic rings. The zero-order valence-corrected chi connectivity index (χ0v) is 12.6.